The summed E-state index contributed by atoms with van der Waals surface area (Å²) < 4.78 is 0. The molecule has 0 bridgehead atoms. The van der Waals surface area contributed by atoms with Gasteiger partial charge in [0.1, 0.15) is 6.33 Å². The molecule has 0 radical (unpaired) electrons. The van der Waals surface area contributed by atoms with E-state index in [1.807, 2.05) is 19.9 Å². The first-order valence-corrected chi connectivity index (χ1v) is 6.67. The lowest BCUT2D eigenvalue weighted by atomic mass is 10.1. The smallest absolute Gasteiger partial charge is 0.254 e. The van der Waals surface area contributed by atoms with Crippen LogP contribution in [-0.2, 0) is 0 Å². The Hall–Kier alpha value is -1.94. The highest BCUT2D eigenvalue weighted by Crippen LogP contribution is 2.21. The molecule has 20 heavy (non-hydrogen) atoms. The van der Waals surface area contributed by atoms with Crippen LogP contribution in [0.4, 0.5) is 0 Å². The largest absolute Gasteiger partial charge is 0.333 e. The van der Waals surface area contributed by atoms with Crippen molar-refractivity contribution in [2.24, 2.45) is 0 Å². The number of aromatic nitrogens is 2. The molecule has 0 aliphatic rings. The lowest BCUT2D eigenvalue weighted by molar-refractivity contribution is 0.0739. The van der Waals surface area contributed by atoms with Crippen molar-refractivity contribution in [3.8, 4) is 0 Å². The van der Waals surface area contributed by atoms with Crippen molar-refractivity contribution in [2.75, 3.05) is 7.05 Å². The molecule has 5 heteroatoms. The van der Waals surface area contributed by atoms with E-state index in [1.54, 1.807) is 36.3 Å². The predicted molar refractivity (Wildman–Crippen MR) is 78.7 cm³/mol. The van der Waals surface area contributed by atoms with E-state index in [4.69, 9.17) is 11.6 Å². The minimum Gasteiger partial charge on any atom is -0.333 e. The van der Waals surface area contributed by atoms with Gasteiger partial charge in [0, 0.05) is 23.8 Å². The van der Waals surface area contributed by atoms with Crippen molar-refractivity contribution in [1.82, 2.24) is 14.9 Å². The van der Waals surface area contributed by atoms with E-state index in [2.05, 4.69) is 9.97 Å². The van der Waals surface area contributed by atoms with Gasteiger partial charge in [-0.15, -0.1) is 0 Å². The number of hydrogen-bond acceptors (Lipinski definition) is 3. The summed E-state index contributed by atoms with van der Waals surface area (Å²) in [5.74, 6) is -0.0594. The average Bonchev–Trinajstić information content (AvgIpc) is 2.48. The SMILES string of the molecule is Cc1cc(C(=O)N(C)C(C)c2ccncn2)ccc1Cl. The number of halogens is 1. The Morgan fingerprint density at radius 1 is 1.35 bits per heavy atom. The summed E-state index contributed by atoms with van der Waals surface area (Å²) in [6, 6.07) is 6.96. The summed E-state index contributed by atoms with van der Waals surface area (Å²) in [5.41, 5.74) is 2.32. The fraction of sp³-hybridized carbons (Fsp3) is 0.267. The van der Waals surface area contributed by atoms with E-state index in [1.165, 1.54) is 6.33 Å². The lowest BCUT2D eigenvalue weighted by Gasteiger charge is -2.24. The topological polar surface area (TPSA) is 46.1 Å². The normalized spacial score (nSPS) is 12.0. The maximum Gasteiger partial charge on any atom is 0.254 e. The highest BCUT2D eigenvalue weighted by atomic mass is 35.5. The monoisotopic (exact) mass is 289 g/mol. The van der Waals surface area contributed by atoms with Crippen LogP contribution < -0.4 is 0 Å². The standard InChI is InChI=1S/C15H16ClN3O/c1-10-8-12(4-5-13(10)16)15(20)19(3)11(2)14-6-7-17-9-18-14/h4-9,11H,1-3H3. The number of hydrogen-bond donors (Lipinski definition) is 0. The molecule has 1 aromatic heterocycles. The quantitative estimate of drug-likeness (QED) is 0.871. The molecule has 1 heterocycles. The van der Waals surface area contributed by atoms with Crippen LogP contribution in [-0.4, -0.2) is 27.8 Å². The molecule has 4 nitrogen and oxygen atoms in total. The molecule has 0 spiro atoms. The third-order valence-corrected chi connectivity index (χ3v) is 3.76. The minimum absolute atomic E-state index is 0.0594. The van der Waals surface area contributed by atoms with Gasteiger partial charge in [0.05, 0.1) is 11.7 Å². The molecule has 0 N–H and O–H groups in total. The van der Waals surface area contributed by atoms with Crippen molar-refractivity contribution >= 4 is 17.5 Å². The fourth-order valence-electron chi connectivity index (χ4n) is 1.90. The molecule has 1 aromatic carbocycles. The van der Waals surface area contributed by atoms with Gasteiger partial charge in [-0.3, -0.25) is 4.79 Å². The number of carbonyl (C=O) groups is 1. The zero-order valence-electron chi connectivity index (χ0n) is 11.7. The highest BCUT2D eigenvalue weighted by Gasteiger charge is 2.20. The molecule has 0 aliphatic carbocycles. The third kappa shape index (κ3) is 2.96. The summed E-state index contributed by atoms with van der Waals surface area (Å²) in [6.07, 6.45) is 3.15. The van der Waals surface area contributed by atoms with Crippen LogP contribution in [0.2, 0.25) is 5.02 Å². The molecule has 2 aromatic rings. The summed E-state index contributed by atoms with van der Waals surface area (Å²) in [5, 5.41) is 0.660. The number of amides is 1. The van der Waals surface area contributed by atoms with Gasteiger partial charge >= 0.3 is 0 Å². The van der Waals surface area contributed by atoms with Crippen LogP contribution in [0.1, 0.15) is 34.6 Å². The van der Waals surface area contributed by atoms with Gasteiger partial charge in [-0.2, -0.15) is 0 Å². The van der Waals surface area contributed by atoms with Crippen LogP contribution in [0.25, 0.3) is 0 Å². The summed E-state index contributed by atoms with van der Waals surface area (Å²) in [6.45, 7) is 3.82. The van der Waals surface area contributed by atoms with Crippen LogP contribution in [0.15, 0.2) is 36.8 Å². The fourth-order valence-corrected chi connectivity index (χ4v) is 2.02. The second-order valence-electron chi connectivity index (χ2n) is 4.69. The Balaban J connectivity index is 2.22. The van der Waals surface area contributed by atoms with E-state index in [9.17, 15) is 4.79 Å². The number of benzene rings is 1. The summed E-state index contributed by atoms with van der Waals surface area (Å²) in [7, 11) is 1.76. The number of aryl methyl sites for hydroxylation is 1. The van der Waals surface area contributed by atoms with Gasteiger partial charge in [0.15, 0.2) is 0 Å². The molecular weight excluding hydrogens is 274 g/mol. The van der Waals surface area contributed by atoms with E-state index in [0.29, 0.717) is 10.6 Å². The number of nitrogens with zero attached hydrogens (tertiary/aromatic N) is 3. The number of carbonyl (C=O) groups excluding carboxylic acids is 1. The van der Waals surface area contributed by atoms with Crippen LogP contribution in [0.5, 0.6) is 0 Å². The Morgan fingerprint density at radius 3 is 2.70 bits per heavy atom. The maximum atomic E-state index is 12.5. The zero-order valence-corrected chi connectivity index (χ0v) is 12.4. The Bertz CT molecular complexity index is 616. The van der Waals surface area contributed by atoms with Crippen molar-refractivity contribution in [3.63, 3.8) is 0 Å². The van der Waals surface area contributed by atoms with Crippen molar-refractivity contribution in [3.05, 3.63) is 58.6 Å². The molecule has 1 amide bonds. The van der Waals surface area contributed by atoms with E-state index < -0.39 is 0 Å². The van der Waals surface area contributed by atoms with Crippen LogP contribution in [0.3, 0.4) is 0 Å². The zero-order chi connectivity index (χ0) is 14.7. The minimum atomic E-state index is -0.124. The van der Waals surface area contributed by atoms with Gasteiger partial charge in [-0.1, -0.05) is 11.6 Å². The Labute approximate surface area is 123 Å². The average molecular weight is 290 g/mol. The molecule has 0 saturated carbocycles. The van der Waals surface area contributed by atoms with Gasteiger partial charge in [0.2, 0.25) is 0 Å². The van der Waals surface area contributed by atoms with Gasteiger partial charge in [0.25, 0.3) is 5.91 Å². The van der Waals surface area contributed by atoms with E-state index in [0.717, 1.165) is 11.3 Å². The molecule has 0 aliphatic heterocycles. The third-order valence-electron chi connectivity index (χ3n) is 3.34. The van der Waals surface area contributed by atoms with E-state index in [-0.39, 0.29) is 11.9 Å². The number of rotatable bonds is 3. The summed E-state index contributed by atoms with van der Waals surface area (Å²) >= 11 is 5.98. The highest BCUT2D eigenvalue weighted by molar-refractivity contribution is 6.31. The molecule has 0 saturated heterocycles. The molecule has 2 rings (SSSR count). The molecule has 0 fully saturated rings. The molecular formula is C15H16ClN3O. The van der Waals surface area contributed by atoms with Crippen LogP contribution in [0, 0.1) is 6.92 Å². The lowest BCUT2D eigenvalue weighted by Crippen LogP contribution is -2.30. The molecule has 1 atom stereocenters. The second kappa shape index (κ2) is 6.01. The first kappa shape index (κ1) is 14.5. The molecule has 1 unspecified atom stereocenters. The van der Waals surface area contributed by atoms with Crippen molar-refractivity contribution in [1.29, 1.82) is 0 Å². The molecule has 104 valence electrons. The first-order chi connectivity index (χ1) is 9.50. The van der Waals surface area contributed by atoms with Gasteiger partial charge < -0.3 is 4.90 Å². The summed E-state index contributed by atoms with van der Waals surface area (Å²) in [4.78, 5) is 22.2. The van der Waals surface area contributed by atoms with Crippen molar-refractivity contribution in [2.45, 2.75) is 19.9 Å². The van der Waals surface area contributed by atoms with E-state index >= 15 is 0 Å². The second-order valence-corrected chi connectivity index (χ2v) is 5.10. The van der Waals surface area contributed by atoms with Crippen LogP contribution >= 0.6 is 11.6 Å². The van der Waals surface area contributed by atoms with Gasteiger partial charge in [-0.05, 0) is 43.7 Å². The van der Waals surface area contributed by atoms with Crippen molar-refractivity contribution < 1.29 is 4.79 Å². The van der Waals surface area contributed by atoms with Gasteiger partial charge in [-0.25, -0.2) is 9.97 Å². The maximum absolute atomic E-state index is 12.5. The predicted octanol–water partition coefficient (Wildman–Crippen LogP) is 3.27. The Kier molecular flexibility index (Phi) is 4.35. The first-order valence-electron chi connectivity index (χ1n) is 6.30. The Morgan fingerprint density at radius 2 is 2.10 bits per heavy atom.